The van der Waals surface area contributed by atoms with Gasteiger partial charge >= 0.3 is 0 Å². The number of carbonyl (C=O) groups is 1. The molecule has 0 unspecified atom stereocenters. The van der Waals surface area contributed by atoms with Gasteiger partial charge in [0.2, 0.25) is 0 Å². The van der Waals surface area contributed by atoms with Gasteiger partial charge in [0, 0.05) is 13.1 Å². The molecule has 1 amide bonds. The lowest BCUT2D eigenvalue weighted by atomic mass is 10.1. The molecule has 3 aromatic carbocycles. The van der Waals surface area contributed by atoms with Crippen molar-refractivity contribution in [2.45, 2.75) is 32.9 Å². The molecule has 0 saturated carbocycles. The summed E-state index contributed by atoms with van der Waals surface area (Å²) in [6, 6.07) is 25.2. The van der Waals surface area contributed by atoms with E-state index in [0.29, 0.717) is 30.3 Å². The second kappa shape index (κ2) is 10.7. The van der Waals surface area contributed by atoms with Crippen molar-refractivity contribution in [3.05, 3.63) is 101 Å². The molecule has 0 fully saturated rings. The number of ether oxygens (including phenoxy) is 1. The maximum absolute atomic E-state index is 13.0. The van der Waals surface area contributed by atoms with Crippen LogP contribution in [0, 0.1) is 0 Å². The van der Waals surface area contributed by atoms with Crippen molar-refractivity contribution in [3.63, 3.8) is 0 Å². The maximum atomic E-state index is 13.0. The summed E-state index contributed by atoms with van der Waals surface area (Å²) in [6.07, 6.45) is 1.98. The molecule has 0 aromatic heterocycles. The van der Waals surface area contributed by atoms with E-state index in [1.54, 1.807) is 12.1 Å². The summed E-state index contributed by atoms with van der Waals surface area (Å²) in [5, 5.41) is 0.489. The largest absolute Gasteiger partial charge is 0.489 e. The highest BCUT2D eigenvalue weighted by molar-refractivity contribution is 6.33. The molecule has 0 saturated heterocycles. The number of unbranched alkanes of at least 4 members (excludes halogenated alkanes) is 1. The van der Waals surface area contributed by atoms with Gasteiger partial charge in [0.25, 0.3) is 5.91 Å². The lowest BCUT2D eigenvalue weighted by molar-refractivity contribution is 0.0741. The molecule has 0 aliphatic heterocycles. The van der Waals surface area contributed by atoms with Crippen LogP contribution >= 0.6 is 11.6 Å². The predicted octanol–water partition coefficient (Wildman–Crippen LogP) is 6.36. The van der Waals surface area contributed by atoms with E-state index in [1.165, 1.54) is 0 Å². The number of halogens is 1. The highest BCUT2D eigenvalue weighted by atomic mass is 35.5. The molecule has 0 aliphatic rings. The first kappa shape index (κ1) is 20.9. The fourth-order valence-electron chi connectivity index (χ4n) is 3.06. The normalized spacial score (nSPS) is 10.6. The molecule has 0 bridgehead atoms. The van der Waals surface area contributed by atoms with Gasteiger partial charge in [-0.15, -0.1) is 0 Å². The van der Waals surface area contributed by atoms with Gasteiger partial charge < -0.3 is 9.64 Å². The van der Waals surface area contributed by atoms with Crippen LogP contribution in [0.25, 0.3) is 0 Å². The smallest absolute Gasteiger partial charge is 0.255 e. The third-order valence-corrected chi connectivity index (χ3v) is 5.05. The zero-order chi connectivity index (χ0) is 20.5. The van der Waals surface area contributed by atoms with Crippen molar-refractivity contribution < 1.29 is 9.53 Å². The van der Waals surface area contributed by atoms with Crippen molar-refractivity contribution in [1.29, 1.82) is 0 Å². The summed E-state index contributed by atoms with van der Waals surface area (Å²) >= 11 is 6.24. The molecule has 3 aromatic rings. The number of amides is 1. The van der Waals surface area contributed by atoms with Crippen molar-refractivity contribution >= 4 is 17.5 Å². The van der Waals surface area contributed by atoms with Gasteiger partial charge in [0.15, 0.2) is 0 Å². The Hall–Kier alpha value is -2.78. The average molecular weight is 408 g/mol. The molecule has 0 radical (unpaired) electrons. The molecular weight excluding hydrogens is 382 g/mol. The Balaban J connectivity index is 1.66. The molecule has 3 nitrogen and oxygen atoms in total. The monoisotopic (exact) mass is 407 g/mol. The summed E-state index contributed by atoms with van der Waals surface area (Å²) in [4.78, 5) is 14.9. The quantitative estimate of drug-likeness (QED) is 0.413. The molecule has 3 rings (SSSR count). The SMILES string of the molecule is CCCCN(Cc1ccc(OCc2ccccc2)cc1)C(=O)c1ccccc1Cl. The average Bonchev–Trinajstić information content (AvgIpc) is 2.76. The predicted molar refractivity (Wildman–Crippen MR) is 118 cm³/mol. The Labute approximate surface area is 177 Å². The lowest BCUT2D eigenvalue weighted by Crippen LogP contribution is -2.31. The fourth-order valence-corrected chi connectivity index (χ4v) is 3.28. The van der Waals surface area contributed by atoms with Gasteiger partial charge in [-0.1, -0.05) is 79.5 Å². The summed E-state index contributed by atoms with van der Waals surface area (Å²) in [5.74, 6) is 0.781. The standard InChI is InChI=1S/C25H26ClNO2/c1-2-3-17-27(25(28)23-11-7-8-12-24(23)26)18-20-13-15-22(16-14-20)29-19-21-9-5-4-6-10-21/h4-16H,2-3,17-19H2,1H3. The first-order valence-electron chi connectivity index (χ1n) is 9.97. The summed E-state index contributed by atoms with van der Waals surface area (Å²) in [7, 11) is 0. The molecule has 0 N–H and O–H groups in total. The number of rotatable bonds is 9. The molecule has 29 heavy (non-hydrogen) atoms. The van der Waals surface area contributed by atoms with Crippen molar-refractivity contribution in [2.75, 3.05) is 6.54 Å². The second-order valence-electron chi connectivity index (χ2n) is 6.98. The Morgan fingerprint density at radius 3 is 2.28 bits per heavy atom. The Bertz CT molecular complexity index is 910. The maximum Gasteiger partial charge on any atom is 0.255 e. The third kappa shape index (κ3) is 6.10. The molecule has 0 atom stereocenters. The van der Waals surface area contributed by atoms with Gasteiger partial charge in [-0.3, -0.25) is 4.79 Å². The minimum absolute atomic E-state index is 0.0338. The number of nitrogens with zero attached hydrogens (tertiary/aromatic N) is 1. The van der Waals surface area contributed by atoms with Crippen molar-refractivity contribution in [1.82, 2.24) is 4.90 Å². The molecular formula is C25H26ClNO2. The van der Waals surface area contributed by atoms with E-state index in [-0.39, 0.29) is 5.91 Å². The minimum atomic E-state index is -0.0338. The van der Waals surface area contributed by atoms with Crippen molar-refractivity contribution in [2.24, 2.45) is 0 Å². The highest BCUT2D eigenvalue weighted by Crippen LogP contribution is 2.20. The summed E-state index contributed by atoms with van der Waals surface area (Å²) < 4.78 is 5.85. The van der Waals surface area contributed by atoms with Gasteiger partial charge in [-0.25, -0.2) is 0 Å². The highest BCUT2D eigenvalue weighted by Gasteiger charge is 2.18. The Morgan fingerprint density at radius 2 is 1.59 bits per heavy atom. The molecule has 0 spiro atoms. The van der Waals surface area contributed by atoms with Crippen LogP contribution in [0.3, 0.4) is 0 Å². The van der Waals surface area contributed by atoms with E-state index in [0.717, 1.165) is 29.7 Å². The van der Waals surface area contributed by atoms with Crippen molar-refractivity contribution in [3.8, 4) is 5.75 Å². The van der Waals surface area contributed by atoms with Crippen LogP contribution in [-0.2, 0) is 13.2 Å². The summed E-state index contributed by atoms with van der Waals surface area (Å²) in [6.45, 7) is 3.90. The van der Waals surface area contributed by atoms with Gasteiger partial charge in [-0.05, 0) is 41.8 Å². The lowest BCUT2D eigenvalue weighted by Gasteiger charge is -2.23. The third-order valence-electron chi connectivity index (χ3n) is 4.72. The fraction of sp³-hybridized carbons (Fsp3) is 0.240. The Kier molecular flexibility index (Phi) is 7.71. The number of benzene rings is 3. The zero-order valence-corrected chi connectivity index (χ0v) is 17.4. The van der Waals surface area contributed by atoms with E-state index in [1.807, 2.05) is 71.6 Å². The number of hydrogen-bond acceptors (Lipinski definition) is 2. The minimum Gasteiger partial charge on any atom is -0.489 e. The Morgan fingerprint density at radius 1 is 0.897 bits per heavy atom. The zero-order valence-electron chi connectivity index (χ0n) is 16.7. The van der Waals surface area contributed by atoms with Crippen LogP contribution in [0.15, 0.2) is 78.9 Å². The van der Waals surface area contributed by atoms with Crippen LogP contribution in [0.2, 0.25) is 5.02 Å². The topological polar surface area (TPSA) is 29.5 Å². The number of hydrogen-bond donors (Lipinski definition) is 0. The first-order chi connectivity index (χ1) is 14.2. The van der Waals surface area contributed by atoms with Gasteiger partial charge in [0.1, 0.15) is 12.4 Å². The van der Waals surface area contributed by atoms with Crippen LogP contribution < -0.4 is 4.74 Å². The van der Waals surface area contributed by atoms with Crippen LogP contribution in [0.4, 0.5) is 0 Å². The van der Waals surface area contributed by atoms with Crippen LogP contribution in [-0.4, -0.2) is 17.4 Å². The second-order valence-corrected chi connectivity index (χ2v) is 7.39. The van der Waals surface area contributed by atoms with E-state index in [2.05, 4.69) is 6.92 Å². The number of carbonyl (C=O) groups excluding carboxylic acids is 1. The molecule has 0 aliphatic carbocycles. The first-order valence-corrected chi connectivity index (χ1v) is 10.3. The molecule has 150 valence electrons. The van der Waals surface area contributed by atoms with E-state index >= 15 is 0 Å². The molecule has 4 heteroatoms. The van der Waals surface area contributed by atoms with Crippen LogP contribution in [0.5, 0.6) is 5.75 Å². The molecule has 0 heterocycles. The van der Waals surface area contributed by atoms with E-state index in [9.17, 15) is 4.79 Å². The van der Waals surface area contributed by atoms with Gasteiger partial charge in [-0.2, -0.15) is 0 Å². The summed E-state index contributed by atoms with van der Waals surface area (Å²) in [5.41, 5.74) is 2.74. The van der Waals surface area contributed by atoms with Crippen LogP contribution in [0.1, 0.15) is 41.3 Å². The van der Waals surface area contributed by atoms with Gasteiger partial charge in [0.05, 0.1) is 10.6 Å². The van der Waals surface area contributed by atoms with E-state index in [4.69, 9.17) is 16.3 Å². The van der Waals surface area contributed by atoms with E-state index < -0.39 is 0 Å².